The fourth-order valence-corrected chi connectivity index (χ4v) is 1.59. The molecule has 0 amide bonds. The summed E-state index contributed by atoms with van der Waals surface area (Å²) in [4.78, 5) is 21.5. The fourth-order valence-electron chi connectivity index (χ4n) is 1.59. The number of benzene rings is 1. The molecule has 1 rings (SSSR count). The van der Waals surface area contributed by atoms with E-state index in [1.54, 1.807) is 0 Å². The number of hydrogen-bond acceptors (Lipinski definition) is 3. The molecule has 2 N–H and O–H groups in total. The molecule has 0 aliphatic heterocycles. The van der Waals surface area contributed by atoms with Crippen molar-refractivity contribution in [3.05, 3.63) is 34.9 Å². The Morgan fingerprint density at radius 1 is 1.28 bits per heavy atom. The molecule has 0 aromatic heterocycles. The van der Waals surface area contributed by atoms with Gasteiger partial charge in [0.05, 0.1) is 0 Å². The minimum atomic E-state index is -2.92. The van der Waals surface area contributed by atoms with Crippen molar-refractivity contribution in [2.24, 2.45) is 0 Å². The van der Waals surface area contributed by atoms with Gasteiger partial charge >= 0.3 is 5.97 Å². The van der Waals surface area contributed by atoms with Gasteiger partial charge in [-0.3, -0.25) is 4.79 Å². The zero-order valence-electron chi connectivity index (χ0n) is 9.56. The Bertz CT molecular complexity index is 471. The average molecular weight is 258 g/mol. The summed E-state index contributed by atoms with van der Waals surface area (Å²) in [5, 5.41) is 17.9. The van der Waals surface area contributed by atoms with Crippen molar-refractivity contribution >= 4 is 11.8 Å². The van der Waals surface area contributed by atoms with Crippen LogP contribution >= 0.6 is 0 Å². The summed E-state index contributed by atoms with van der Waals surface area (Å²) in [5.74, 6) is -1.79. The first-order valence-corrected chi connectivity index (χ1v) is 5.14. The SMILES string of the molecule is CC(=O)Cc1ccc(C(O)C(=O)O)c(C(F)F)c1. The Hall–Kier alpha value is -1.82. The van der Waals surface area contributed by atoms with Crippen LogP contribution in [-0.2, 0) is 16.0 Å². The Labute approximate surface area is 102 Å². The summed E-state index contributed by atoms with van der Waals surface area (Å²) < 4.78 is 25.6. The lowest BCUT2D eigenvalue weighted by atomic mass is 9.98. The molecule has 6 heteroatoms. The number of carboxylic acid groups (broad SMARTS) is 1. The molecule has 98 valence electrons. The monoisotopic (exact) mass is 258 g/mol. The third kappa shape index (κ3) is 3.33. The van der Waals surface area contributed by atoms with Crippen LogP contribution in [0.1, 0.15) is 36.1 Å². The maximum Gasteiger partial charge on any atom is 0.337 e. The maximum atomic E-state index is 12.8. The second-order valence-corrected chi connectivity index (χ2v) is 3.88. The number of halogens is 2. The van der Waals surface area contributed by atoms with Gasteiger partial charge in [-0.05, 0) is 18.6 Å². The molecule has 0 spiro atoms. The van der Waals surface area contributed by atoms with Gasteiger partial charge in [-0.15, -0.1) is 0 Å². The lowest BCUT2D eigenvalue weighted by Crippen LogP contribution is -2.13. The smallest absolute Gasteiger partial charge is 0.337 e. The number of aliphatic hydroxyl groups excluding tert-OH is 1. The number of carboxylic acids is 1. The number of carbonyl (C=O) groups excluding carboxylic acids is 1. The third-order valence-electron chi connectivity index (χ3n) is 2.37. The Morgan fingerprint density at radius 2 is 1.89 bits per heavy atom. The van der Waals surface area contributed by atoms with Crippen molar-refractivity contribution in [1.29, 1.82) is 0 Å². The molecule has 0 saturated heterocycles. The number of hydrogen-bond donors (Lipinski definition) is 2. The number of rotatable bonds is 5. The van der Waals surface area contributed by atoms with Crippen molar-refractivity contribution in [1.82, 2.24) is 0 Å². The van der Waals surface area contributed by atoms with Gasteiger partial charge in [-0.2, -0.15) is 0 Å². The first kappa shape index (κ1) is 14.2. The van der Waals surface area contributed by atoms with Crippen LogP contribution in [-0.4, -0.2) is 22.0 Å². The number of aliphatic carboxylic acids is 1. The average Bonchev–Trinajstić information content (AvgIpc) is 2.26. The van der Waals surface area contributed by atoms with Gasteiger partial charge in [0.2, 0.25) is 0 Å². The van der Waals surface area contributed by atoms with Crippen LogP contribution in [0.4, 0.5) is 8.78 Å². The molecule has 0 radical (unpaired) electrons. The van der Waals surface area contributed by atoms with Gasteiger partial charge in [0, 0.05) is 17.5 Å². The van der Waals surface area contributed by atoms with E-state index in [2.05, 4.69) is 0 Å². The largest absolute Gasteiger partial charge is 0.479 e. The van der Waals surface area contributed by atoms with Crippen molar-refractivity contribution in [2.75, 3.05) is 0 Å². The molecule has 0 heterocycles. The van der Waals surface area contributed by atoms with E-state index in [-0.39, 0.29) is 17.8 Å². The Kier molecular flexibility index (Phi) is 4.49. The second-order valence-electron chi connectivity index (χ2n) is 3.88. The minimum Gasteiger partial charge on any atom is -0.479 e. The predicted molar refractivity (Wildman–Crippen MR) is 58.4 cm³/mol. The van der Waals surface area contributed by atoms with E-state index >= 15 is 0 Å². The molecule has 1 aromatic carbocycles. The van der Waals surface area contributed by atoms with E-state index in [0.717, 1.165) is 12.1 Å². The van der Waals surface area contributed by atoms with E-state index in [0.29, 0.717) is 5.56 Å². The van der Waals surface area contributed by atoms with Gasteiger partial charge in [0.15, 0.2) is 6.10 Å². The van der Waals surface area contributed by atoms with Crippen LogP contribution in [0.3, 0.4) is 0 Å². The number of alkyl halides is 2. The summed E-state index contributed by atoms with van der Waals surface area (Å²) in [6, 6.07) is 3.51. The lowest BCUT2D eigenvalue weighted by molar-refractivity contribution is -0.147. The van der Waals surface area contributed by atoms with E-state index in [1.165, 1.54) is 13.0 Å². The van der Waals surface area contributed by atoms with Crippen molar-refractivity contribution in [3.63, 3.8) is 0 Å². The molecule has 0 bridgehead atoms. The molecule has 1 aromatic rings. The molecule has 4 nitrogen and oxygen atoms in total. The van der Waals surface area contributed by atoms with E-state index < -0.39 is 24.1 Å². The first-order valence-electron chi connectivity index (χ1n) is 5.14. The molecule has 0 fully saturated rings. The molecular formula is C12H12F2O4. The zero-order chi connectivity index (χ0) is 13.9. The minimum absolute atomic E-state index is 0.0107. The van der Waals surface area contributed by atoms with Gasteiger partial charge in [-0.1, -0.05) is 12.1 Å². The summed E-state index contributed by atoms with van der Waals surface area (Å²) in [7, 11) is 0. The van der Waals surface area contributed by atoms with Crippen LogP contribution in [0.25, 0.3) is 0 Å². The molecule has 1 unspecified atom stereocenters. The molecule has 18 heavy (non-hydrogen) atoms. The number of carbonyl (C=O) groups is 2. The Balaban J connectivity index is 3.20. The standard InChI is InChI=1S/C12H12F2O4/c1-6(15)4-7-2-3-8(10(16)12(17)18)9(5-7)11(13)14/h2-3,5,10-11,16H,4H2,1H3,(H,17,18). The van der Waals surface area contributed by atoms with E-state index in [4.69, 9.17) is 5.11 Å². The van der Waals surface area contributed by atoms with Gasteiger partial charge in [-0.25, -0.2) is 13.6 Å². The normalized spacial score (nSPS) is 12.5. The summed E-state index contributed by atoms with van der Waals surface area (Å²) >= 11 is 0. The highest BCUT2D eigenvalue weighted by Gasteiger charge is 2.24. The highest BCUT2D eigenvalue weighted by atomic mass is 19.3. The number of Topliss-reactive ketones (excluding diaryl/α,β-unsaturated/α-hetero) is 1. The maximum absolute atomic E-state index is 12.8. The number of aliphatic hydroxyl groups is 1. The molecular weight excluding hydrogens is 246 g/mol. The topological polar surface area (TPSA) is 74.6 Å². The quantitative estimate of drug-likeness (QED) is 0.845. The number of ketones is 1. The van der Waals surface area contributed by atoms with Gasteiger partial charge in [0.1, 0.15) is 5.78 Å². The van der Waals surface area contributed by atoms with Crippen molar-refractivity contribution in [2.45, 2.75) is 25.9 Å². The predicted octanol–water partition coefficient (Wildman–Crippen LogP) is 1.87. The van der Waals surface area contributed by atoms with Gasteiger partial charge in [0.25, 0.3) is 6.43 Å². The van der Waals surface area contributed by atoms with Crippen LogP contribution in [0, 0.1) is 0 Å². The van der Waals surface area contributed by atoms with Gasteiger partial charge < -0.3 is 10.2 Å². The third-order valence-corrected chi connectivity index (χ3v) is 2.37. The molecule has 1 atom stereocenters. The Morgan fingerprint density at radius 3 is 2.33 bits per heavy atom. The lowest BCUT2D eigenvalue weighted by Gasteiger charge is -2.13. The first-order chi connectivity index (χ1) is 8.32. The summed E-state index contributed by atoms with van der Waals surface area (Å²) in [6.45, 7) is 1.32. The fraction of sp³-hybridized carbons (Fsp3) is 0.333. The van der Waals surface area contributed by atoms with E-state index in [9.17, 15) is 23.5 Å². The second kappa shape index (κ2) is 5.68. The van der Waals surface area contributed by atoms with Crippen LogP contribution < -0.4 is 0 Å². The van der Waals surface area contributed by atoms with Crippen molar-refractivity contribution < 1.29 is 28.6 Å². The summed E-state index contributed by atoms with van der Waals surface area (Å²) in [5.41, 5.74) is -0.562. The van der Waals surface area contributed by atoms with Crippen LogP contribution in [0.5, 0.6) is 0 Å². The molecule has 0 aliphatic rings. The molecule has 0 saturated carbocycles. The van der Waals surface area contributed by atoms with Crippen molar-refractivity contribution in [3.8, 4) is 0 Å². The zero-order valence-corrected chi connectivity index (χ0v) is 9.56. The summed E-state index contributed by atoms with van der Waals surface area (Å²) in [6.07, 6.45) is -4.93. The van der Waals surface area contributed by atoms with E-state index in [1.807, 2.05) is 0 Å². The highest BCUT2D eigenvalue weighted by Crippen LogP contribution is 2.29. The highest BCUT2D eigenvalue weighted by molar-refractivity contribution is 5.78. The van der Waals surface area contributed by atoms with Crippen LogP contribution in [0.15, 0.2) is 18.2 Å². The van der Waals surface area contributed by atoms with Crippen LogP contribution in [0.2, 0.25) is 0 Å². The molecule has 0 aliphatic carbocycles.